The molecule has 0 saturated carbocycles. The van der Waals surface area contributed by atoms with Crippen LogP contribution in [0.2, 0.25) is 5.02 Å². The Kier molecular flexibility index (Phi) is 4.55. The molecule has 0 aliphatic carbocycles. The topological polar surface area (TPSA) is 41.1 Å². The fourth-order valence-electron chi connectivity index (χ4n) is 2.09. The summed E-state index contributed by atoms with van der Waals surface area (Å²) in [6, 6.07) is 4.19. The molecule has 18 heavy (non-hydrogen) atoms. The van der Waals surface area contributed by atoms with Crippen molar-refractivity contribution in [1.29, 1.82) is 0 Å². The van der Waals surface area contributed by atoms with Crippen LogP contribution in [0.5, 0.6) is 0 Å². The first-order chi connectivity index (χ1) is 8.65. The lowest BCUT2D eigenvalue weighted by molar-refractivity contribution is -0.122. The van der Waals surface area contributed by atoms with Crippen LogP contribution in [0.1, 0.15) is 24.8 Å². The van der Waals surface area contributed by atoms with Gasteiger partial charge in [0.05, 0.1) is 6.04 Å². The lowest BCUT2D eigenvalue weighted by atomic mass is 10.1. The van der Waals surface area contributed by atoms with Crippen LogP contribution in [0.15, 0.2) is 18.2 Å². The molecule has 0 aromatic heterocycles. The smallest absolute Gasteiger partial charge is 0.237 e. The molecular weight excluding hydrogens is 255 g/mol. The van der Waals surface area contributed by atoms with E-state index in [9.17, 15) is 9.18 Å². The van der Waals surface area contributed by atoms with Crippen LogP contribution in [-0.2, 0) is 11.3 Å². The predicted octanol–water partition coefficient (Wildman–Crippen LogP) is 2.24. The Labute approximate surface area is 111 Å². The van der Waals surface area contributed by atoms with E-state index in [1.165, 1.54) is 12.1 Å². The van der Waals surface area contributed by atoms with Gasteiger partial charge in [0.1, 0.15) is 5.82 Å². The average Bonchev–Trinajstić information content (AvgIpc) is 2.50. The summed E-state index contributed by atoms with van der Waals surface area (Å²) in [5, 5.41) is 6.37. The highest BCUT2D eigenvalue weighted by Gasteiger charge is 2.19. The van der Waals surface area contributed by atoms with Gasteiger partial charge in [0, 0.05) is 18.1 Å². The van der Waals surface area contributed by atoms with Gasteiger partial charge in [-0.05, 0) is 43.0 Å². The Morgan fingerprint density at radius 2 is 2.22 bits per heavy atom. The summed E-state index contributed by atoms with van der Waals surface area (Å²) in [6.45, 7) is 1.18. The van der Waals surface area contributed by atoms with E-state index in [1.54, 1.807) is 6.07 Å². The molecule has 3 nitrogen and oxygen atoms in total. The largest absolute Gasteiger partial charge is 0.355 e. The monoisotopic (exact) mass is 270 g/mol. The van der Waals surface area contributed by atoms with Gasteiger partial charge in [-0.3, -0.25) is 4.79 Å². The van der Waals surface area contributed by atoms with Gasteiger partial charge in [-0.1, -0.05) is 11.6 Å². The van der Waals surface area contributed by atoms with Crippen LogP contribution in [-0.4, -0.2) is 18.5 Å². The van der Waals surface area contributed by atoms with Crippen molar-refractivity contribution in [2.45, 2.75) is 31.8 Å². The van der Waals surface area contributed by atoms with E-state index in [0.29, 0.717) is 11.6 Å². The standard InChI is InChI=1S/C13H16ClFN2O/c14-10-5-9(6-11(15)7-10)8-17-12-3-1-2-4-16-13(12)18/h5-7,12,17H,1-4,8H2,(H,16,18). The van der Waals surface area contributed by atoms with Crippen LogP contribution in [0.4, 0.5) is 4.39 Å². The second-order valence-electron chi connectivity index (χ2n) is 4.50. The van der Waals surface area contributed by atoms with E-state index in [0.717, 1.165) is 31.4 Å². The summed E-state index contributed by atoms with van der Waals surface area (Å²) in [5.74, 6) is -0.334. The number of hydrogen-bond donors (Lipinski definition) is 2. The second kappa shape index (κ2) is 6.16. The van der Waals surface area contributed by atoms with Crippen LogP contribution in [0.3, 0.4) is 0 Å². The molecule has 1 amide bonds. The Morgan fingerprint density at radius 3 is 3.00 bits per heavy atom. The first kappa shape index (κ1) is 13.3. The summed E-state index contributed by atoms with van der Waals surface area (Å²) < 4.78 is 13.1. The minimum absolute atomic E-state index is 0.0231. The van der Waals surface area contributed by atoms with Gasteiger partial charge in [-0.25, -0.2) is 4.39 Å². The first-order valence-corrected chi connectivity index (χ1v) is 6.49. The second-order valence-corrected chi connectivity index (χ2v) is 4.93. The first-order valence-electron chi connectivity index (χ1n) is 6.11. The molecule has 1 saturated heterocycles. The third-order valence-corrected chi connectivity index (χ3v) is 3.23. The van der Waals surface area contributed by atoms with E-state index in [-0.39, 0.29) is 17.8 Å². The third kappa shape index (κ3) is 3.68. The number of rotatable bonds is 3. The number of hydrogen-bond acceptors (Lipinski definition) is 2. The zero-order valence-electron chi connectivity index (χ0n) is 10.0. The van der Waals surface area contributed by atoms with Gasteiger partial charge < -0.3 is 10.6 Å². The molecule has 2 N–H and O–H groups in total. The van der Waals surface area contributed by atoms with Crippen molar-refractivity contribution in [3.8, 4) is 0 Å². The molecule has 1 atom stereocenters. The summed E-state index contributed by atoms with van der Waals surface area (Å²) in [5.41, 5.74) is 0.747. The lowest BCUT2D eigenvalue weighted by Gasteiger charge is -2.15. The SMILES string of the molecule is O=C1NCCCCC1NCc1cc(F)cc(Cl)c1. The number of nitrogens with one attached hydrogen (secondary N) is 2. The molecule has 2 rings (SSSR count). The van der Waals surface area contributed by atoms with Crippen LogP contribution in [0.25, 0.3) is 0 Å². The molecule has 0 radical (unpaired) electrons. The van der Waals surface area contributed by atoms with Crippen molar-refractivity contribution in [3.05, 3.63) is 34.6 Å². The number of halogens is 2. The van der Waals surface area contributed by atoms with Crippen molar-refractivity contribution in [3.63, 3.8) is 0 Å². The molecule has 1 aromatic carbocycles. The Morgan fingerprint density at radius 1 is 1.39 bits per heavy atom. The zero-order chi connectivity index (χ0) is 13.0. The highest BCUT2D eigenvalue weighted by atomic mass is 35.5. The number of benzene rings is 1. The molecule has 1 unspecified atom stereocenters. The Hall–Kier alpha value is -1.13. The number of carbonyl (C=O) groups excluding carboxylic acids is 1. The maximum atomic E-state index is 13.1. The van der Waals surface area contributed by atoms with Crippen LogP contribution in [0, 0.1) is 5.82 Å². The van der Waals surface area contributed by atoms with E-state index in [1.807, 2.05) is 0 Å². The van der Waals surface area contributed by atoms with Crippen LogP contribution < -0.4 is 10.6 Å². The highest BCUT2D eigenvalue weighted by Crippen LogP contribution is 2.14. The van der Waals surface area contributed by atoms with Gasteiger partial charge in [0.25, 0.3) is 0 Å². The van der Waals surface area contributed by atoms with Gasteiger partial charge in [-0.2, -0.15) is 0 Å². The minimum atomic E-state index is -0.357. The Balaban J connectivity index is 1.95. The van der Waals surface area contributed by atoms with E-state index in [2.05, 4.69) is 10.6 Å². The summed E-state index contributed by atoms with van der Waals surface area (Å²) in [4.78, 5) is 11.7. The molecule has 1 aliphatic rings. The fraction of sp³-hybridized carbons (Fsp3) is 0.462. The number of carbonyl (C=O) groups is 1. The Bertz CT molecular complexity index is 419. The van der Waals surface area contributed by atoms with E-state index >= 15 is 0 Å². The molecule has 98 valence electrons. The minimum Gasteiger partial charge on any atom is -0.355 e. The summed E-state index contributed by atoms with van der Waals surface area (Å²) in [6.07, 6.45) is 2.84. The fourth-order valence-corrected chi connectivity index (χ4v) is 2.33. The van der Waals surface area contributed by atoms with Crippen molar-refractivity contribution in [2.24, 2.45) is 0 Å². The van der Waals surface area contributed by atoms with E-state index < -0.39 is 0 Å². The molecule has 0 spiro atoms. The molecular formula is C13H16ClFN2O. The molecule has 5 heteroatoms. The average molecular weight is 271 g/mol. The molecule has 1 aromatic rings. The third-order valence-electron chi connectivity index (χ3n) is 3.01. The molecule has 0 bridgehead atoms. The van der Waals surface area contributed by atoms with Gasteiger partial charge in [-0.15, -0.1) is 0 Å². The van der Waals surface area contributed by atoms with Crippen molar-refractivity contribution in [1.82, 2.24) is 10.6 Å². The normalized spacial score (nSPS) is 20.3. The van der Waals surface area contributed by atoms with Crippen molar-refractivity contribution < 1.29 is 9.18 Å². The van der Waals surface area contributed by atoms with Crippen molar-refractivity contribution >= 4 is 17.5 Å². The van der Waals surface area contributed by atoms with Gasteiger partial charge in [0.2, 0.25) is 5.91 Å². The quantitative estimate of drug-likeness (QED) is 0.884. The molecule has 1 fully saturated rings. The van der Waals surface area contributed by atoms with Gasteiger partial charge >= 0.3 is 0 Å². The lowest BCUT2D eigenvalue weighted by Crippen LogP contribution is -2.42. The maximum absolute atomic E-state index is 13.1. The van der Waals surface area contributed by atoms with E-state index in [4.69, 9.17) is 11.6 Å². The number of amides is 1. The predicted molar refractivity (Wildman–Crippen MR) is 68.9 cm³/mol. The highest BCUT2D eigenvalue weighted by molar-refractivity contribution is 6.30. The maximum Gasteiger partial charge on any atom is 0.237 e. The molecule has 1 aliphatic heterocycles. The molecule has 1 heterocycles. The zero-order valence-corrected chi connectivity index (χ0v) is 10.8. The van der Waals surface area contributed by atoms with Gasteiger partial charge in [0.15, 0.2) is 0 Å². The van der Waals surface area contributed by atoms with Crippen LogP contribution >= 0.6 is 11.6 Å². The summed E-state index contributed by atoms with van der Waals surface area (Å²) in [7, 11) is 0. The van der Waals surface area contributed by atoms with Crippen molar-refractivity contribution in [2.75, 3.05) is 6.54 Å². The summed E-state index contributed by atoms with van der Waals surface area (Å²) >= 11 is 5.78.